The molecular weight excluding hydrogens is 226 g/mol. The Balaban J connectivity index is 2.10. The second-order valence-corrected chi connectivity index (χ2v) is 5.06. The highest BCUT2D eigenvalue weighted by Gasteiger charge is 2.17. The molecule has 0 unspecified atom stereocenters. The molecule has 1 aliphatic rings. The molecule has 0 radical (unpaired) electrons. The van der Waals surface area contributed by atoms with Gasteiger partial charge < -0.3 is 10.0 Å². The molecule has 98 valence electrons. The summed E-state index contributed by atoms with van der Waals surface area (Å²) in [5.41, 5.74) is 1.40. The first-order valence-electron chi connectivity index (χ1n) is 6.77. The van der Waals surface area contributed by atoms with Crippen LogP contribution in [0, 0.1) is 6.92 Å². The van der Waals surface area contributed by atoms with E-state index in [1.807, 2.05) is 11.8 Å². The zero-order valence-electron chi connectivity index (χ0n) is 11.0. The Labute approximate surface area is 108 Å². The topological polar surface area (TPSA) is 40.5 Å². The summed E-state index contributed by atoms with van der Waals surface area (Å²) >= 11 is 0. The quantitative estimate of drug-likeness (QED) is 0.828. The molecule has 0 bridgehead atoms. The first-order valence-corrected chi connectivity index (χ1v) is 6.77. The van der Waals surface area contributed by atoms with Crippen molar-refractivity contribution >= 4 is 5.91 Å². The Morgan fingerprint density at radius 2 is 1.72 bits per heavy atom. The number of hydrogen-bond donors (Lipinski definition) is 1. The largest absolute Gasteiger partial charge is 0.508 e. The van der Waals surface area contributed by atoms with Crippen molar-refractivity contribution in [3.63, 3.8) is 0 Å². The van der Waals surface area contributed by atoms with Gasteiger partial charge in [0.1, 0.15) is 5.75 Å². The second-order valence-electron chi connectivity index (χ2n) is 5.06. The maximum Gasteiger partial charge on any atom is 0.253 e. The van der Waals surface area contributed by atoms with E-state index in [2.05, 4.69) is 0 Å². The predicted octanol–water partition coefficient (Wildman–Crippen LogP) is 3.11. The van der Waals surface area contributed by atoms with Gasteiger partial charge in [-0.15, -0.1) is 0 Å². The number of nitrogens with zero attached hydrogens (tertiary/aromatic N) is 1. The van der Waals surface area contributed by atoms with Crippen LogP contribution >= 0.6 is 0 Å². The van der Waals surface area contributed by atoms with Crippen molar-refractivity contribution in [2.45, 2.75) is 39.0 Å². The minimum Gasteiger partial charge on any atom is -0.508 e. The van der Waals surface area contributed by atoms with Gasteiger partial charge in [0.05, 0.1) is 0 Å². The molecule has 1 heterocycles. The molecule has 18 heavy (non-hydrogen) atoms. The van der Waals surface area contributed by atoms with Crippen LogP contribution in [0.15, 0.2) is 18.2 Å². The number of benzene rings is 1. The molecule has 0 aliphatic carbocycles. The summed E-state index contributed by atoms with van der Waals surface area (Å²) in [6.45, 7) is 3.51. The summed E-state index contributed by atoms with van der Waals surface area (Å²) < 4.78 is 0. The third-order valence-corrected chi connectivity index (χ3v) is 3.60. The number of hydrogen-bond acceptors (Lipinski definition) is 2. The fourth-order valence-corrected chi connectivity index (χ4v) is 2.38. The third-order valence-electron chi connectivity index (χ3n) is 3.60. The smallest absolute Gasteiger partial charge is 0.253 e. The SMILES string of the molecule is Cc1ccc(C(=O)N2CCCCCCC2)cc1O. The lowest BCUT2D eigenvalue weighted by molar-refractivity contribution is 0.0742. The van der Waals surface area contributed by atoms with Crippen LogP contribution in [0.4, 0.5) is 0 Å². The molecule has 0 saturated carbocycles. The van der Waals surface area contributed by atoms with Gasteiger partial charge in [-0.2, -0.15) is 0 Å². The molecule has 1 amide bonds. The lowest BCUT2D eigenvalue weighted by atomic mass is 10.1. The Kier molecular flexibility index (Phi) is 4.24. The molecule has 1 saturated heterocycles. The van der Waals surface area contributed by atoms with Crippen LogP contribution in [0.2, 0.25) is 0 Å². The summed E-state index contributed by atoms with van der Waals surface area (Å²) in [5.74, 6) is 0.250. The predicted molar refractivity (Wildman–Crippen MR) is 71.8 cm³/mol. The van der Waals surface area contributed by atoms with Crippen LogP contribution in [0.1, 0.15) is 48.0 Å². The molecule has 1 aromatic carbocycles. The average Bonchev–Trinajstić information content (AvgIpc) is 2.31. The van der Waals surface area contributed by atoms with Crippen LogP contribution in [-0.4, -0.2) is 29.0 Å². The van der Waals surface area contributed by atoms with Gasteiger partial charge in [-0.1, -0.05) is 25.3 Å². The van der Waals surface area contributed by atoms with Crippen LogP contribution < -0.4 is 0 Å². The number of amides is 1. The van der Waals surface area contributed by atoms with Gasteiger partial charge in [0.25, 0.3) is 5.91 Å². The summed E-state index contributed by atoms with van der Waals surface area (Å²) in [6, 6.07) is 5.18. The van der Waals surface area contributed by atoms with Crippen molar-refractivity contribution in [3.8, 4) is 5.75 Å². The van der Waals surface area contributed by atoms with Crippen molar-refractivity contribution in [3.05, 3.63) is 29.3 Å². The van der Waals surface area contributed by atoms with Crippen molar-refractivity contribution in [2.75, 3.05) is 13.1 Å². The number of aryl methyl sites for hydroxylation is 1. The number of phenols is 1. The monoisotopic (exact) mass is 247 g/mol. The number of carbonyl (C=O) groups is 1. The van der Waals surface area contributed by atoms with E-state index >= 15 is 0 Å². The van der Waals surface area contributed by atoms with Gasteiger partial charge in [-0.25, -0.2) is 0 Å². The first-order chi connectivity index (χ1) is 8.68. The van der Waals surface area contributed by atoms with E-state index in [-0.39, 0.29) is 11.7 Å². The van der Waals surface area contributed by atoms with Gasteiger partial charge in [0.15, 0.2) is 0 Å². The highest BCUT2D eigenvalue weighted by molar-refractivity contribution is 5.94. The Morgan fingerprint density at radius 1 is 1.11 bits per heavy atom. The maximum atomic E-state index is 12.3. The van der Waals surface area contributed by atoms with Crippen molar-refractivity contribution in [1.29, 1.82) is 0 Å². The molecule has 0 spiro atoms. The highest BCUT2D eigenvalue weighted by Crippen LogP contribution is 2.20. The molecular formula is C15H21NO2. The minimum atomic E-state index is 0.0483. The Hall–Kier alpha value is -1.51. The second kappa shape index (κ2) is 5.89. The molecule has 0 atom stereocenters. The van der Waals surface area contributed by atoms with E-state index in [4.69, 9.17) is 0 Å². The maximum absolute atomic E-state index is 12.3. The molecule has 0 aromatic heterocycles. The lowest BCUT2D eigenvalue weighted by Gasteiger charge is -2.25. The van der Waals surface area contributed by atoms with E-state index < -0.39 is 0 Å². The number of likely N-dealkylation sites (tertiary alicyclic amines) is 1. The molecule has 1 fully saturated rings. The van der Waals surface area contributed by atoms with E-state index in [1.54, 1.807) is 18.2 Å². The molecule has 3 heteroatoms. The molecule has 2 rings (SSSR count). The van der Waals surface area contributed by atoms with Crippen LogP contribution in [-0.2, 0) is 0 Å². The minimum absolute atomic E-state index is 0.0483. The van der Waals surface area contributed by atoms with Crippen LogP contribution in [0.3, 0.4) is 0 Å². The van der Waals surface area contributed by atoms with Crippen molar-refractivity contribution in [1.82, 2.24) is 4.90 Å². The molecule has 1 N–H and O–H groups in total. The first kappa shape index (κ1) is 12.9. The molecule has 3 nitrogen and oxygen atoms in total. The Bertz CT molecular complexity index is 421. The summed E-state index contributed by atoms with van der Waals surface area (Å²) in [4.78, 5) is 14.3. The standard InChI is InChI=1S/C15H21NO2/c1-12-7-8-13(11-14(12)17)15(18)16-9-5-3-2-4-6-10-16/h7-8,11,17H,2-6,9-10H2,1H3. The fourth-order valence-electron chi connectivity index (χ4n) is 2.38. The Morgan fingerprint density at radius 3 is 2.33 bits per heavy atom. The van der Waals surface area contributed by atoms with Gasteiger partial charge in [0, 0.05) is 18.7 Å². The average molecular weight is 247 g/mol. The number of phenolic OH excluding ortho intramolecular Hbond substituents is 1. The zero-order chi connectivity index (χ0) is 13.0. The third kappa shape index (κ3) is 3.03. The highest BCUT2D eigenvalue weighted by atomic mass is 16.3. The normalized spacial score (nSPS) is 17.1. The van der Waals surface area contributed by atoms with E-state index in [0.717, 1.165) is 31.5 Å². The zero-order valence-corrected chi connectivity index (χ0v) is 11.0. The van der Waals surface area contributed by atoms with E-state index in [1.165, 1.54) is 19.3 Å². The molecule has 1 aliphatic heterocycles. The van der Waals surface area contributed by atoms with E-state index in [0.29, 0.717) is 5.56 Å². The number of carbonyl (C=O) groups excluding carboxylic acids is 1. The van der Waals surface area contributed by atoms with Gasteiger partial charge in [-0.3, -0.25) is 4.79 Å². The van der Waals surface area contributed by atoms with Crippen molar-refractivity contribution in [2.24, 2.45) is 0 Å². The van der Waals surface area contributed by atoms with Gasteiger partial charge in [-0.05, 0) is 37.5 Å². The van der Waals surface area contributed by atoms with Gasteiger partial charge in [0.2, 0.25) is 0 Å². The fraction of sp³-hybridized carbons (Fsp3) is 0.533. The molecule has 1 aromatic rings. The van der Waals surface area contributed by atoms with Crippen molar-refractivity contribution < 1.29 is 9.90 Å². The number of rotatable bonds is 1. The van der Waals surface area contributed by atoms with Crippen LogP contribution in [0.5, 0.6) is 5.75 Å². The van der Waals surface area contributed by atoms with Crippen LogP contribution in [0.25, 0.3) is 0 Å². The summed E-state index contributed by atoms with van der Waals surface area (Å²) in [7, 11) is 0. The van der Waals surface area contributed by atoms with E-state index in [9.17, 15) is 9.90 Å². The van der Waals surface area contributed by atoms with Gasteiger partial charge >= 0.3 is 0 Å². The summed E-state index contributed by atoms with van der Waals surface area (Å²) in [6.07, 6.45) is 5.88. The lowest BCUT2D eigenvalue weighted by Crippen LogP contribution is -2.33. The number of aromatic hydroxyl groups is 1. The summed E-state index contributed by atoms with van der Waals surface area (Å²) in [5, 5.41) is 9.68.